The van der Waals surface area contributed by atoms with Crippen molar-refractivity contribution in [3.05, 3.63) is 65.0 Å². The number of hydrogen-bond donors (Lipinski definition) is 1. The zero-order chi connectivity index (χ0) is 14.6. The topological polar surface area (TPSA) is 73.0 Å². The highest BCUT2D eigenvalue weighted by atomic mass is 32.2. The minimum Gasteiger partial charge on any atom is -0.325 e. The van der Waals surface area contributed by atoms with Gasteiger partial charge in [-0.3, -0.25) is 4.98 Å². The predicted octanol–water partition coefficient (Wildman–Crippen LogP) is 1.96. The van der Waals surface area contributed by atoms with Crippen molar-refractivity contribution in [2.75, 3.05) is 0 Å². The van der Waals surface area contributed by atoms with Gasteiger partial charge in [0.1, 0.15) is 0 Å². The molecule has 1 aromatic carbocycles. The molecule has 0 saturated carbocycles. The third-order valence-electron chi connectivity index (χ3n) is 3.11. The fraction of sp³-hybridized carbons (Fsp3) is 0.267. The van der Waals surface area contributed by atoms with E-state index in [4.69, 9.17) is 5.73 Å². The summed E-state index contributed by atoms with van der Waals surface area (Å²) < 4.78 is 24.5. The summed E-state index contributed by atoms with van der Waals surface area (Å²) in [5.74, 6) is 0.0663. The Bertz CT molecular complexity index is 697. The first-order chi connectivity index (χ1) is 9.50. The summed E-state index contributed by atoms with van der Waals surface area (Å²) in [5, 5.41) is 0. The van der Waals surface area contributed by atoms with Gasteiger partial charge in [-0.05, 0) is 35.7 Å². The third-order valence-corrected chi connectivity index (χ3v) is 4.64. The lowest BCUT2D eigenvalue weighted by molar-refractivity contribution is 0.594. The minimum absolute atomic E-state index is 0.0108. The van der Waals surface area contributed by atoms with Crippen molar-refractivity contribution in [2.24, 2.45) is 5.73 Å². The molecule has 0 aliphatic rings. The average Bonchev–Trinajstić information content (AvgIpc) is 2.41. The smallest absolute Gasteiger partial charge is 0.158 e. The molecule has 2 rings (SSSR count). The van der Waals surface area contributed by atoms with E-state index in [1.165, 1.54) is 0 Å². The van der Waals surface area contributed by atoms with Crippen molar-refractivity contribution in [3.63, 3.8) is 0 Å². The molecule has 20 heavy (non-hydrogen) atoms. The summed E-state index contributed by atoms with van der Waals surface area (Å²) in [6.07, 6.45) is 1.60. The van der Waals surface area contributed by atoms with Gasteiger partial charge in [0, 0.05) is 12.7 Å². The van der Waals surface area contributed by atoms with Crippen LogP contribution in [-0.4, -0.2) is 13.4 Å². The van der Waals surface area contributed by atoms with Crippen LogP contribution >= 0.6 is 0 Å². The molecule has 0 aliphatic carbocycles. The zero-order valence-corrected chi connectivity index (χ0v) is 12.2. The first-order valence-corrected chi connectivity index (χ1v) is 8.21. The predicted molar refractivity (Wildman–Crippen MR) is 79.6 cm³/mol. The van der Waals surface area contributed by atoms with Gasteiger partial charge in [0.05, 0.1) is 17.2 Å². The van der Waals surface area contributed by atoms with Crippen molar-refractivity contribution in [1.82, 2.24) is 4.98 Å². The number of hydrogen-bond acceptors (Lipinski definition) is 4. The van der Waals surface area contributed by atoms with E-state index < -0.39 is 9.84 Å². The number of benzene rings is 1. The molecule has 2 N–H and O–H groups in total. The highest BCUT2D eigenvalue weighted by Crippen LogP contribution is 2.15. The van der Waals surface area contributed by atoms with Crippen molar-refractivity contribution in [2.45, 2.75) is 25.0 Å². The van der Waals surface area contributed by atoms with Crippen LogP contribution in [0.15, 0.2) is 42.6 Å². The monoisotopic (exact) mass is 290 g/mol. The van der Waals surface area contributed by atoms with Gasteiger partial charge >= 0.3 is 0 Å². The quantitative estimate of drug-likeness (QED) is 0.913. The first-order valence-electron chi connectivity index (χ1n) is 6.39. The van der Waals surface area contributed by atoms with Crippen LogP contribution in [0.3, 0.4) is 0 Å². The summed E-state index contributed by atoms with van der Waals surface area (Å²) in [6.45, 7) is 2.23. The molecule has 0 saturated heterocycles. The largest absolute Gasteiger partial charge is 0.325 e. The van der Waals surface area contributed by atoms with Gasteiger partial charge in [-0.25, -0.2) is 8.42 Å². The van der Waals surface area contributed by atoms with Crippen molar-refractivity contribution < 1.29 is 8.42 Å². The van der Waals surface area contributed by atoms with Crippen LogP contribution in [0.1, 0.15) is 22.4 Å². The molecule has 1 aromatic heterocycles. The van der Waals surface area contributed by atoms with E-state index in [2.05, 4.69) is 4.98 Å². The van der Waals surface area contributed by atoms with Crippen LogP contribution in [0.5, 0.6) is 0 Å². The van der Waals surface area contributed by atoms with Gasteiger partial charge in [-0.2, -0.15) is 0 Å². The van der Waals surface area contributed by atoms with Gasteiger partial charge < -0.3 is 5.73 Å². The van der Waals surface area contributed by atoms with Crippen LogP contribution in [0, 0.1) is 6.92 Å². The van der Waals surface area contributed by atoms with E-state index in [-0.39, 0.29) is 11.5 Å². The summed E-state index contributed by atoms with van der Waals surface area (Å²) in [5.41, 5.74) is 8.79. The van der Waals surface area contributed by atoms with E-state index in [1.54, 1.807) is 18.3 Å². The molecule has 4 nitrogen and oxygen atoms in total. The van der Waals surface area contributed by atoms with Crippen molar-refractivity contribution in [3.8, 4) is 0 Å². The lowest BCUT2D eigenvalue weighted by Crippen LogP contribution is -2.09. The maximum atomic E-state index is 12.3. The van der Waals surface area contributed by atoms with Crippen LogP contribution < -0.4 is 5.73 Å². The Balaban J connectivity index is 2.17. The second-order valence-electron chi connectivity index (χ2n) is 4.82. The van der Waals surface area contributed by atoms with E-state index in [9.17, 15) is 8.42 Å². The number of nitrogens with two attached hydrogens (primary N) is 1. The number of pyridine rings is 1. The summed E-state index contributed by atoms with van der Waals surface area (Å²) in [6, 6.07) is 11.0. The lowest BCUT2D eigenvalue weighted by Gasteiger charge is -2.08. The molecule has 1 heterocycles. The molecular formula is C15H18N2O2S. The Morgan fingerprint density at radius 2 is 1.90 bits per heavy atom. The van der Waals surface area contributed by atoms with Crippen LogP contribution in [-0.2, 0) is 27.9 Å². The third kappa shape index (κ3) is 3.88. The average molecular weight is 290 g/mol. The molecule has 0 spiro atoms. The summed E-state index contributed by atoms with van der Waals surface area (Å²) in [4.78, 5) is 4.07. The summed E-state index contributed by atoms with van der Waals surface area (Å²) in [7, 11) is -3.20. The number of aryl methyl sites for hydroxylation is 1. The Morgan fingerprint density at radius 1 is 1.15 bits per heavy atom. The summed E-state index contributed by atoms with van der Waals surface area (Å²) >= 11 is 0. The molecule has 0 bridgehead atoms. The number of rotatable bonds is 5. The molecular weight excluding hydrogens is 272 g/mol. The standard InChI is InChI=1S/C15H18N2O2S/c1-12-4-2-3-5-14(12)11-20(18,19)10-13-6-7-17-15(8-13)9-16/h2-8H,9-11,16H2,1H3. The number of nitrogens with zero attached hydrogens (tertiary/aromatic N) is 1. The van der Waals surface area contributed by atoms with Crippen LogP contribution in [0.4, 0.5) is 0 Å². The second kappa shape index (κ2) is 6.15. The normalized spacial score (nSPS) is 11.5. The molecule has 0 atom stereocenters. The lowest BCUT2D eigenvalue weighted by atomic mass is 10.1. The fourth-order valence-electron chi connectivity index (χ4n) is 2.04. The molecule has 0 unspecified atom stereocenters. The van der Waals surface area contributed by atoms with Crippen LogP contribution in [0.2, 0.25) is 0 Å². The Hall–Kier alpha value is -1.72. The van der Waals surface area contributed by atoms with Gasteiger partial charge in [0.2, 0.25) is 0 Å². The Labute approximate surface area is 119 Å². The molecule has 0 radical (unpaired) electrons. The molecule has 0 aliphatic heterocycles. The highest BCUT2D eigenvalue weighted by molar-refractivity contribution is 7.89. The molecule has 2 aromatic rings. The van der Waals surface area contributed by atoms with Crippen molar-refractivity contribution >= 4 is 9.84 Å². The first kappa shape index (κ1) is 14.7. The van der Waals surface area contributed by atoms with Gasteiger partial charge in [0.15, 0.2) is 9.84 Å². The molecule has 0 fully saturated rings. The van der Waals surface area contributed by atoms with Gasteiger partial charge in [-0.15, -0.1) is 0 Å². The van der Waals surface area contributed by atoms with Crippen molar-refractivity contribution in [1.29, 1.82) is 0 Å². The number of aromatic nitrogens is 1. The maximum absolute atomic E-state index is 12.3. The van der Waals surface area contributed by atoms with Crippen LogP contribution in [0.25, 0.3) is 0 Å². The highest BCUT2D eigenvalue weighted by Gasteiger charge is 2.14. The van der Waals surface area contributed by atoms with Gasteiger partial charge in [0.25, 0.3) is 0 Å². The van der Waals surface area contributed by atoms with E-state index in [0.29, 0.717) is 12.2 Å². The Morgan fingerprint density at radius 3 is 2.60 bits per heavy atom. The Kier molecular flexibility index (Phi) is 4.52. The van der Waals surface area contributed by atoms with Gasteiger partial charge in [-0.1, -0.05) is 24.3 Å². The molecule has 0 amide bonds. The maximum Gasteiger partial charge on any atom is 0.158 e. The fourth-order valence-corrected chi connectivity index (χ4v) is 3.63. The molecule has 106 valence electrons. The number of sulfone groups is 1. The zero-order valence-electron chi connectivity index (χ0n) is 11.4. The minimum atomic E-state index is -3.20. The van der Waals surface area contributed by atoms with E-state index >= 15 is 0 Å². The molecule has 5 heteroatoms. The SMILES string of the molecule is Cc1ccccc1CS(=O)(=O)Cc1ccnc(CN)c1. The van der Waals surface area contributed by atoms with E-state index in [1.807, 2.05) is 31.2 Å². The van der Waals surface area contributed by atoms with E-state index in [0.717, 1.165) is 16.7 Å². The second-order valence-corrected chi connectivity index (χ2v) is 6.88.